The molecule has 0 spiro atoms. The van der Waals surface area contributed by atoms with Gasteiger partial charge < -0.3 is 9.73 Å². The fourth-order valence-electron chi connectivity index (χ4n) is 1.90. The first-order valence-electron chi connectivity index (χ1n) is 6.99. The molecule has 1 aromatic heterocycles. The Bertz CT molecular complexity index is 868. The number of hydrogen-bond acceptors (Lipinski definition) is 7. The summed E-state index contributed by atoms with van der Waals surface area (Å²) in [5.74, 6) is 1.06. The molecule has 0 bridgehead atoms. The molecule has 24 heavy (non-hydrogen) atoms. The van der Waals surface area contributed by atoms with Crippen molar-refractivity contribution < 1.29 is 17.8 Å². The highest BCUT2D eigenvalue weighted by molar-refractivity contribution is 7.89. The Morgan fingerprint density at radius 3 is 2.54 bits per heavy atom. The Morgan fingerprint density at radius 1 is 1.38 bits per heavy atom. The maximum atomic E-state index is 11.3. The summed E-state index contributed by atoms with van der Waals surface area (Å²) in [4.78, 5) is 14.2. The van der Waals surface area contributed by atoms with Crippen molar-refractivity contribution in [3.63, 3.8) is 0 Å². The lowest BCUT2D eigenvalue weighted by Crippen LogP contribution is -2.13. The van der Waals surface area contributed by atoms with E-state index < -0.39 is 20.6 Å². The number of oxazole rings is 1. The minimum atomic E-state index is -4.02. The number of sulfonamides is 1. The first kappa shape index (κ1) is 17.9. The molecular formula is C14H18N4O5S. The average Bonchev–Trinajstić information content (AvgIpc) is 2.92. The predicted octanol–water partition coefficient (Wildman–Crippen LogP) is 2.14. The summed E-state index contributed by atoms with van der Waals surface area (Å²) in [5.41, 5.74) is -0.457. The SMILES string of the molecule is CC(C)(C)c1cnc(CNc2ccc(S(N)(=O)=O)cc2[N+](=O)[O-])o1. The Labute approximate surface area is 139 Å². The van der Waals surface area contributed by atoms with Gasteiger partial charge in [-0.25, -0.2) is 18.5 Å². The van der Waals surface area contributed by atoms with Gasteiger partial charge in [-0.05, 0) is 12.1 Å². The van der Waals surface area contributed by atoms with Crippen molar-refractivity contribution >= 4 is 21.4 Å². The number of nitrogens with one attached hydrogen (secondary N) is 1. The highest BCUT2D eigenvalue weighted by atomic mass is 32.2. The molecule has 0 amide bonds. The van der Waals surface area contributed by atoms with E-state index in [1.54, 1.807) is 6.20 Å². The van der Waals surface area contributed by atoms with Crippen LogP contribution in [0.15, 0.2) is 33.7 Å². The van der Waals surface area contributed by atoms with E-state index in [4.69, 9.17) is 9.56 Å². The number of primary sulfonamides is 1. The number of nitro groups is 1. The normalized spacial score (nSPS) is 12.2. The molecule has 1 aromatic carbocycles. The first-order valence-corrected chi connectivity index (χ1v) is 8.53. The second kappa shape index (κ2) is 6.21. The number of benzene rings is 1. The summed E-state index contributed by atoms with van der Waals surface area (Å²) in [5, 5.41) is 18.9. The lowest BCUT2D eigenvalue weighted by Gasteiger charge is -2.13. The van der Waals surface area contributed by atoms with Gasteiger partial charge in [-0.1, -0.05) is 20.8 Å². The zero-order valence-electron chi connectivity index (χ0n) is 13.4. The van der Waals surface area contributed by atoms with Crippen molar-refractivity contribution in [1.82, 2.24) is 4.98 Å². The van der Waals surface area contributed by atoms with Gasteiger partial charge in [-0.3, -0.25) is 10.1 Å². The number of rotatable bonds is 5. The number of nitrogens with two attached hydrogens (primary N) is 1. The number of hydrogen-bond donors (Lipinski definition) is 2. The molecule has 2 rings (SSSR count). The third-order valence-corrected chi connectivity index (χ3v) is 4.13. The molecule has 0 fully saturated rings. The molecule has 0 radical (unpaired) electrons. The molecule has 1 heterocycles. The second-order valence-electron chi connectivity index (χ2n) is 6.20. The van der Waals surface area contributed by atoms with Crippen LogP contribution < -0.4 is 10.5 Å². The zero-order chi connectivity index (χ0) is 18.1. The molecule has 130 valence electrons. The average molecular weight is 354 g/mol. The maximum absolute atomic E-state index is 11.3. The van der Waals surface area contributed by atoms with Crippen molar-refractivity contribution in [2.24, 2.45) is 5.14 Å². The fraction of sp³-hybridized carbons (Fsp3) is 0.357. The van der Waals surface area contributed by atoms with Crippen molar-refractivity contribution in [2.45, 2.75) is 37.6 Å². The third kappa shape index (κ3) is 4.09. The van der Waals surface area contributed by atoms with E-state index in [2.05, 4.69) is 10.3 Å². The largest absolute Gasteiger partial charge is 0.443 e. The van der Waals surface area contributed by atoms with E-state index in [-0.39, 0.29) is 22.5 Å². The zero-order valence-corrected chi connectivity index (χ0v) is 14.3. The van der Waals surface area contributed by atoms with Crippen molar-refractivity contribution in [2.75, 3.05) is 5.32 Å². The highest BCUT2D eigenvalue weighted by Gasteiger charge is 2.21. The van der Waals surface area contributed by atoms with Crippen LogP contribution in [0.1, 0.15) is 32.4 Å². The Morgan fingerprint density at radius 2 is 2.04 bits per heavy atom. The van der Waals surface area contributed by atoms with Crippen LogP contribution in [0.3, 0.4) is 0 Å². The number of nitrogens with zero attached hydrogens (tertiary/aromatic N) is 2. The third-order valence-electron chi connectivity index (χ3n) is 3.22. The lowest BCUT2D eigenvalue weighted by atomic mass is 9.94. The van der Waals surface area contributed by atoms with Gasteiger partial charge in [0.15, 0.2) is 0 Å². The molecule has 0 aliphatic heterocycles. The van der Waals surface area contributed by atoms with Crippen molar-refractivity contribution in [3.05, 3.63) is 46.2 Å². The number of aromatic nitrogens is 1. The monoisotopic (exact) mass is 354 g/mol. The molecular weight excluding hydrogens is 336 g/mol. The van der Waals surface area contributed by atoms with Crippen LogP contribution in [0.25, 0.3) is 0 Å². The summed E-state index contributed by atoms with van der Waals surface area (Å²) in [6.45, 7) is 6.04. The molecule has 2 aromatic rings. The standard InChI is InChI=1S/C14H18N4O5S/c1-14(2,3)12-7-17-13(23-12)8-16-10-5-4-9(24(15,21)22)6-11(10)18(19)20/h4-7,16H,8H2,1-3H3,(H2,15,21,22). The van der Waals surface area contributed by atoms with Crippen LogP contribution in [0.4, 0.5) is 11.4 Å². The minimum Gasteiger partial charge on any atom is -0.443 e. The molecule has 0 unspecified atom stereocenters. The van der Waals surface area contributed by atoms with Gasteiger partial charge in [0.25, 0.3) is 5.69 Å². The van der Waals surface area contributed by atoms with Crippen LogP contribution >= 0.6 is 0 Å². The van der Waals surface area contributed by atoms with Crippen LogP contribution in [-0.2, 0) is 22.0 Å². The highest BCUT2D eigenvalue weighted by Crippen LogP contribution is 2.28. The van der Waals surface area contributed by atoms with Crippen LogP contribution in [0.5, 0.6) is 0 Å². The molecule has 0 saturated heterocycles. The summed E-state index contributed by atoms with van der Waals surface area (Å²) < 4.78 is 28.2. The first-order chi connectivity index (χ1) is 11.0. The molecule has 10 heteroatoms. The molecule has 3 N–H and O–H groups in total. The summed E-state index contributed by atoms with van der Waals surface area (Å²) >= 11 is 0. The minimum absolute atomic E-state index is 0.117. The van der Waals surface area contributed by atoms with Gasteiger partial charge in [-0.2, -0.15) is 0 Å². The van der Waals surface area contributed by atoms with Crippen molar-refractivity contribution in [1.29, 1.82) is 0 Å². The smallest absolute Gasteiger partial charge is 0.293 e. The van der Waals surface area contributed by atoms with Crippen molar-refractivity contribution in [3.8, 4) is 0 Å². The van der Waals surface area contributed by atoms with Gasteiger partial charge >= 0.3 is 0 Å². The molecule has 0 aliphatic carbocycles. The second-order valence-corrected chi connectivity index (χ2v) is 7.76. The topological polar surface area (TPSA) is 141 Å². The predicted molar refractivity (Wildman–Crippen MR) is 87.0 cm³/mol. The summed E-state index contributed by atoms with van der Waals surface area (Å²) in [6, 6.07) is 3.39. The van der Waals surface area contributed by atoms with E-state index in [0.29, 0.717) is 11.7 Å². The maximum Gasteiger partial charge on any atom is 0.293 e. The Kier molecular flexibility index (Phi) is 4.63. The van der Waals surface area contributed by atoms with Gasteiger partial charge in [0.1, 0.15) is 11.4 Å². The van der Waals surface area contributed by atoms with E-state index >= 15 is 0 Å². The number of nitro benzene ring substituents is 1. The van der Waals surface area contributed by atoms with E-state index in [0.717, 1.165) is 6.07 Å². The summed E-state index contributed by atoms with van der Waals surface area (Å²) in [6.07, 6.45) is 1.61. The lowest BCUT2D eigenvalue weighted by molar-refractivity contribution is -0.384. The Hall–Kier alpha value is -2.46. The van der Waals surface area contributed by atoms with Crippen LogP contribution in [-0.4, -0.2) is 18.3 Å². The summed E-state index contributed by atoms with van der Waals surface area (Å²) in [7, 11) is -4.02. The molecule has 0 aliphatic rings. The van der Waals surface area contributed by atoms with Gasteiger partial charge in [0.05, 0.1) is 22.6 Å². The van der Waals surface area contributed by atoms with E-state index in [1.165, 1.54) is 12.1 Å². The van der Waals surface area contributed by atoms with E-state index in [9.17, 15) is 18.5 Å². The van der Waals surface area contributed by atoms with Crippen LogP contribution in [0.2, 0.25) is 0 Å². The van der Waals surface area contributed by atoms with Gasteiger partial charge in [-0.15, -0.1) is 0 Å². The van der Waals surface area contributed by atoms with Gasteiger partial charge in [0.2, 0.25) is 15.9 Å². The van der Waals surface area contributed by atoms with E-state index in [1.807, 2.05) is 20.8 Å². The van der Waals surface area contributed by atoms with Gasteiger partial charge in [0, 0.05) is 11.5 Å². The molecule has 9 nitrogen and oxygen atoms in total. The number of anilines is 1. The molecule has 0 atom stereocenters. The van der Waals surface area contributed by atoms with Crippen LogP contribution in [0, 0.1) is 10.1 Å². The quantitative estimate of drug-likeness (QED) is 0.618. The Balaban J connectivity index is 2.24. The molecule has 0 saturated carbocycles. The fourth-order valence-corrected chi connectivity index (χ4v) is 2.43.